The predicted molar refractivity (Wildman–Crippen MR) is 78.1 cm³/mol. The molecule has 5 heteroatoms. The van der Waals surface area contributed by atoms with Crippen LogP contribution in [0.4, 0.5) is 0 Å². The number of hydrogen-bond donors (Lipinski definition) is 2. The van der Waals surface area contributed by atoms with Crippen LogP contribution in [0.15, 0.2) is 30.3 Å². The van der Waals surface area contributed by atoms with Crippen molar-refractivity contribution in [1.82, 2.24) is 5.32 Å². The van der Waals surface area contributed by atoms with E-state index in [1.165, 1.54) is 19.8 Å². The zero-order chi connectivity index (χ0) is 15.0. The molecule has 0 aliphatic rings. The third-order valence-electron chi connectivity index (χ3n) is 3.17. The molecule has 1 aromatic carbocycles. The molecule has 112 valence electrons. The maximum Gasteiger partial charge on any atom is 0.237 e. The molecule has 0 spiro atoms. The van der Waals surface area contributed by atoms with Crippen molar-refractivity contribution >= 4 is 5.91 Å². The summed E-state index contributed by atoms with van der Waals surface area (Å²) in [5, 5.41) is 2.80. The SMILES string of the molecule is COC(OC)C(C)NC(=O)C(N)CCc1ccccc1. The van der Waals surface area contributed by atoms with Gasteiger partial charge in [-0.1, -0.05) is 30.3 Å². The number of nitrogens with two attached hydrogens (primary N) is 1. The van der Waals surface area contributed by atoms with Crippen LogP contribution in [-0.4, -0.2) is 38.5 Å². The summed E-state index contributed by atoms with van der Waals surface area (Å²) in [7, 11) is 3.07. The zero-order valence-corrected chi connectivity index (χ0v) is 12.3. The lowest BCUT2D eigenvalue weighted by Gasteiger charge is -2.23. The molecule has 20 heavy (non-hydrogen) atoms. The molecular weight excluding hydrogens is 256 g/mol. The minimum Gasteiger partial charge on any atom is -0.354 e. The molecule has 1 aromatic rings. The first-order valence-corrected chi connectivity index (χ1v) is 6.74. The minimum absolute atomic E-state index is 0.187. The van der Waals surface area contributed by atoms with Gasteiger partial charge in [-0.15, -0.1) is 0 Å². The Morgan fingerprint density at radius 1 is 1.25 bits per heavy atom. The number of aryl methyl sites for hydroxylation is 1. The van der Waals surface area contributed by atoms with Crippen molar-refractivity contribution in [2.24, 2.45) is 5.73 Å². The standard InChI is InChI=1S/C15H24N2O3/c1-11(15(19-2)20-3)17-14(18)13(16)10-9-12-7-5-4-6-8-12/h4-8,11,13,15H,9-10,16H2,1-3H3,(H,17,18). The van der Waals surface area contributed by atoms with Crippen LogP contribution >= 0.6 is 0 Å². The van der Waals surface area contributed by atoms with Crippen LogP contribution < -0.4 is 11.1 Å². The largest absolute Gasteiger partial charge is 0.354 e. The number of hydrogen-bond acceptors (Lipinski definition) is 4. The lowest BCUT2D eigenvalue weighted by atomic mass is 10.1. The van der Waals surface area contributed by atoms with Crippen molar-refractivity contribution < 1.29 is 14.3 Å². The van der Waals surface area contributed by atoms with E-state index in [0.717, 1.165) is 6.42 Å². The van der Waals surface area contributed by atoms with E-state index in [1.807, 2.05) is 37.3 Å². The Balaban J connectivity index is 2.39. The second-order valence-electron chi connectivity index (χ2n) is 4.77. The minimum atomic E-state index is -0.535. The van der Waals surface area contributed by atoms with Gasteiger partial charge in [-0.3, -0.25) is 4.79 Å². The number of rotatable bonds is 8. The monoisotopic (exact) mass is 280 g/mol. The Kier molecular flexibility index (Phi) is 7.22. The average Bonchev–Trinajstić information content (AvgIpc) is 2.47. The number of nitrogens with one attached hydrogen (secondary N) is 1. The van der Waals surface area contributed by atoms with Crippen LogP contribution in [0.2, 0.25) is 0 Å². The van der Waals surface area contributed by atoms with Crippen LogP contribution in [0.25, 0.3) is 0 Å². The van der Waals surface area contributed by atoms with Crippen molar-refractivity contribution in [3.05, 3.63) is 35.9 Å². The molecule has 0 fully saturated rings. The number of benzene rings is 1. The van der Waals surface area contributed by atoms with E-state index in [2.05, 4.69) is 5.32 Å². The van der Waals surface area contributed by atoms with E-state index >= 15 is 0 Å². The van der Waals surface area contributed by atoms with Gasteiger partial charge in [0.2, 0.25) is 5.91 Å². The molecular formula is C15H24N2O3. The quantitative estimate of drug-likeness (QED) is 0.699. The smallest absolute Gasteiger partial charge is 0.237 e. The molecule has 1 rings (SSSR count). The highest BCUT2D eigenvalue weighted by Gasteiger charge is 2.21. The van der Waals surface area contributed by atoms with Gasteiger partial charge in [0.15, 0.2) is 6.29 Å². The van der Waals surface area contributed by atoms with Crippen LogP contribution in [0.3, 0.4) is 0 Å². The third kappa shape index (κ3) is 5.28. The fourth-order valence-electron chi connectivity index (χ4n) is 2.00. The molecule has 2 atom stereocenters. The van der Waals surface area contributed by atoms with Gasteiger partial charge in [-0.25, -0.2) is 0 Å². The topological polar surface area (TPSA) is 73.6 Å². The number of amides is 1. The van der Waals surface area contributed by atoms with Gasteiger partial charge < -0.3 is 20.5 Å². The summed E-state index contributed by atoms with van der Waals surface area (Å²) >= 11 is 0. The molecule has 5 nitrogen and oxygen atoms in total. The van der Waals surface area contributed by atoms with Crippen molar-refractivity contribution in [1.29, 1.82) is 0 Å². The highest BCUT2D eigenvalue weighted by atomic mass is 16.7. The van der Waals surface area contributed by atoms with Crippen LogP contribution in [0.5, 0.6) is 0 Å². The first-order chi connectivity index (χ1) is 9.58. The Labute approximate surface area is 120 Å². The molecule has 0 heterocycles. The van der Waals surface area contributed by atoms with Gasteiger partial charge in [0.05, 0.1) is 12.1 Å². The molecule has 0 radical (unpaired) electrons. The van der Waals surface area contributed by atoms with Gasteiger partial charge in [0.1, 0.15) is 0 Å². The van der Waals surface area contributed by atoms with Crippen molar-refractivity contribution in [2.45, 2.75) is 38.1 Å². The van der Waals surface area contributed by atoms with Crippen molar-refractivity contribution in [2.75, 3.05) is 14.2 Å². The van der Waals surface area contributed by atoms with E-state index in [4.69, 9.17) is 15.2 Å². The van der Waals surface area contributed by atoms with Crippen LogP contribution in [0.1, 0.15) is 18.9 Å². The van der Waals surface area contributed by atoms with Crippen molar-refractivity contribution in [3.8, 4) is 0 Å². The van der Waals surface area contributed by atoms with Gasteiger partial charge in [-0.05, 0) is 25.3 Å². The first-order valence-electron chi connectivity index (χ1n) is 6.74. The summed E-state index contributed by atoms with van der Waals surface area (Å²) in [6.45, 7) is 1.82. The summed E-state index contributed by atoms with van der Waals surface area (Å²) in [4.78, 5) is 12.0. The van der Waals surface area contributed by atoms with Crippen molar-refractivity contribution in [3.63, 3.8) is 0 Å². The number of carbonyl (C=O) groups is 1. The molecule has 1 amide bonds. The molecule has 0 aromatic heterocycles. The maximum atomic E-state index is 12.0. The Morgan fingerprint density at radius 3 is 2.40 bits per heavy atom. The number of methoxy groups -OCH3 is 2. The van der Waals surface area contributed by atoms with E-state index in [-0.39, 0.29) is 11.9 Å². The second-order valence-corrected chi connectivity index (χ2v) is 4.77. The maximum absolute atomic E-state index is 12.0. The lowest BCUT2D eigenvalue weighted by molar-refractivity contribution is -0.136. The van der Waals surface area contributed by atoms with Gasteiger partial charge in [-0.2, -0.15) is 0 Å². The predicted octanol–water partition coefficient (Wildman–Crippen LogP) is 1.07. The van der Waals surface area contributed by atoms with Gasteiger partial charge in [0, 0.05) is 14.2 Å². The van der Waals surface area contributed by atoms with Crippen LogP contribution in [0, 0.1) is 0 Å². The van der Waals surface area contributed by atoms with E-state index in [0.29, 0.717) is 6.42 Å². The Hall–Kier alpha value is -1.43. The normalized spacial score (nSPS) is 14.1. The summed E-state index contributed by atoms with van der Waals surface area (Å²) < 4.78 is 10.2. The molecule has 2 unspecified atom stereocenters. The highest BCUT2D eigenvalue weighted by molar-refractivity contribution is 5.81. The Bertz CT molecular complexity index is 393. The number of carbonyl (C=O) groups excluding carboxylic acids is 1. The summed E-state index contributed by atoms with van der Waals surface area (Å²) in [5.74, 6) is -0.187. The average molecular weight is 280 g/mol. The Morgan fingerprint density at radius 2 is 1.85 bits per heavy atom. The summed E-state index contributed by atoms with van der Waals surface area (Å²) in [5.41, 5.74) is 7.08. The third-order valence-corrected chi connectivity index (χ3v) is 3.17. The second kappa shape index (κ2) is 8.68. The van der Waals surface area contributed by atoms with Gasteiger partial charge in [0.25, 0.3) is 0 Å². The van der Waals surface area contributed by atoms with E-state index < -0.39 is 12.3 Å². The van der Waals surface area contributed by atoms with E-state index in [1.54, 1.807) is 0 Å². The fraction of sp³-hybridized carbons (Fsp3) is 0.533. The summed E-state index contributed by atoms with van der Waals surface area (Å²) in [6, 6.07) is 9.19. The fourth-order valence-corrected chi connectivity index (χ4v) is 2.00. The molecule has 3 N–H and O–H groups in total. The number of ether oxygens (including phenoxy) is 2. The highest BCUT2D eigenvalue weighted by Crippen LogP contribution is 2.05. The summed E-state index contributed by atoms with van der Waals surface area (Å²) in [6.07, 6.45) is 0.912. The lowest BCUT2D eigenvalue weighted by Crippen LogP contribution is -2.49. The van der Waals surface area contributed by atoms with E-state index in [9.17, 15) is 4.79 Å². The molecule has 0 aliphatic carbocycles. The zero-order valence-electron chi connectivity index (χ0n) is 12.3. The molecule has 0 bridgehead atoms. The molecule has 0 aliphatic heterocycles. The first kappa shape index (κ1) is 16.6. The molecule has 0 saturated heterocycles. The van der Waals surface area contributed by atoms with Crippen LogP contribution in [-0.2, 0) is 20.7 Å². The molecule has 0 saturated carbocycles. The van der Waals surface area contributed by atoms with Gasteiger partial charge >= 0.3 is 0 Å².